The van der Waals surface area contributed by atoms with Crippen LogP contribution in [0.1, 0.15) is 70.6 Å². The van der Waals surface area contributed by atoms with Crippen molar-refractivity contribution in [2.75, 3.05) is 13.7 Å². The van der Waals surface area contributed by atoms with Gasteiger partial charge in [-0.3, -0.25) is 0 Å². The van der Waals surface area contributed by atoms with E-state index in [1.54, 1.807) is 7.11 Å². The number of rotatable bonds is 3. The molecule has 1 heterocycles. The molecule has 3 nitrogen and oxygen atoms in total. The van der Waals surface area contributed by atoms with Crippen molar-refractivity contribution < 1.29 is 14.6 Å². The molecule has 3 rings (SSSR count). The van der Waals surface area contributed by atoms with Crippen LogP contribution in [0.4, 0.5) is 0 Å². The number of methoxy groups -OCH3 is 1. The van der Waals surface area contributed by atoms with Crippen LogP contribution in [-0.4, -0.2) is 36.1 Å². The van der Waals surface area contributed by atoms with E-state index in [1.807, 2.05) is 0 Å². The zero-order valence-corrected chi connectivity index (χ0v) is 12.9. The van der Waals surface area contributed by atoms with Gasteiger partial charge in [0, 0.05) is 13.7 Å². The number of hydrogen-bond donors (Lipinski definition) is 1. The predicted molar refractivity (Wildman–Crippen MR) is 78.7 cm³/mol. The highest BCUT2D eigenvalue weighted by molar-refractivity contribution is 5.00. The Labute approximate surface area is 123 Å². The average molecular weight is 282 g/mol. The second-order valence-electron chi connectivity index (χ2n) is 7.27. The lowest BCUT2D eigenvalue weighted by Crippen LogP contribution is -2.51. The molecule has 2 aliphatic carbocycles. The molecule has 3 fully saturated rings. The quantitative estimate of drug-likeness (QED) is 0.862. The maximum Gasteiger partial charge on any atom is 0.0939 e. The topological polar surface area (TPSA) is 38.7 Å². The van der Waals surface area contributed by atoms with E-state index in [2.05, 4.69) is 0 Å². The minimum absolute atomic E-state index is 0.0790. The molecule has 0 aromatic rings. The molecule has 0 aromatic heterocycles. The summed E-state index contributed by atoms with van der Waals surface area (Å²) in [4.78, 5) is 0. The Bertz CT molecular complexity index is 311. The first-order valence-electron chi connectivity index (χ1n) is 8.57. The highest BCUT2D eigenvalue weighted by Crippen LogP contribution is 2.46. The van der Waals surface area contributed by atoms with Gasteiger partial charge in [0.15, 0.2) is 0 Å². The molecule has 2 unspecified atom stereocenters. The molecule has 1 N–H and O–H groups in total. The van der Waals surface area contributed by atoms with Crippen LogP contribution in [0.2, 0.25) is 0 Å². The summed E-state index contributed by atoms with van der Waals surface area (Å²) in [6.45, 7) is 0.821. The van der Waals surface area contributed by atoms with E-state index in [0.29, 0.717) is 5.92 Å². The van der Waals surface area contributed by atoms with Crippen LogP contribution in [-0.2, 0) is 9.47 Å². The zero-order chi connectivity index (χ0) is 14.1. The van der Waals surface area contributed by atoms with Gasteiger partial charge in [-0.05, 0) is 44.4 Å². The predicted octanol–water partition coefficient (Wildman–Crippen LogP) is 3.44. The molecule has 0 bridgehead atoms. The van der Waals surface area contributed by atoms with Crippen LogP contribution < -0.4 is 0 Å². The van der Waals surface area contributed by atoms with Crippen molar-refractivity contribution in [1.29, 1.82) is 0 Å². The van der Waals surface area contributed by atoms with Gasteiger partial charge < -0.3 is 14.6 Å². The van der Waals surface area contributed by atoms with Crippen LogP contribution in [0.3, 0.4) is 0 Å². The van der Waals surface area contributed by atoms with Crippen molar-refractivity contribution in [3.05, 3.63) is 0 Å². The molecule has 3 heteroatoms. The van der Waals surface area contributed by atoms with Gasteiger partial charge in [0.2, 0.25) is 0 Å². The molecule has 1 saturated heterocycles. The van der Waals surface area contributed by atoms with Crippen molar-refractivity contribution in [2.45, 2.75) is 87.9 Å². The van der Waals surface area contributed by atoms with E-state index in [0.717, 1.165) is 32.3 Å². The van der Waals surface area contributed by atoms with Gasteiger partial charge in [-0.1, -0.05) is 32.1 Å². The van der Waals surface area contributed by atoms with Crippen LogP contribution in [0.25, 0.3) is 0 Å². The van der Waals surface area contributed by atoms with Crippen molar-refractivity contribution in [2.24, 2.45) is 5.92 Å². The fourth-order valence-corrected chi connectivity index (χ4v) is 4.90. The third-order valence-corrected chi connectivity index (χ3v) is 6.14. The van der Waals surface area contributed by atoms with Crippen molar-refractivity contribution >= 4 is 0 Å². The van der Waals surface area contributed by atoms with Gasteiger partial charge in [-0.15, -0.1) is 0 Å². The lowest BCUT2D eigenvalue weighted by Gasteiger charge is -2.47. The second-order valence-corrected chi connectivity index (χ2v) is 7.27. The Balaban J connectivity index is 1.69. The summed E-state index contributed by atoms with van der Waals surface area (Å²) in [5.74, 6) is 0.361. The number of aliphatic hydroxyl groups is 1. The lowest BCUT2D eigenvalue weighted by molar-refractivity contribution is -0.173. The standard InChI is InChI=1S/C17H30O3/c1-19-17(10-5-6-11-17)15(18)14-7-12-20-16(13-14)8-3-2-4-9-16/h14-15,18H,2-13H2,1H3. The largest absolute Gasteiger partial charge is 0.390 e. The maximum atomic E-state index is 11.0. The summed E-state index contributed by atoms with van der Waals surface area (Å²) >= 11 is 0. The van der Waals surface area contributed by atoms with Crippen molar-refractivity contribution in [1.82, 2.24) is 0 Å². The van der Waals surface area contributed by atoms with Gasteiger partial charge in [-0.2, -0.15) is 0 Å². The van der Waals surface area contributed by atoms with Crippen molar-refractivity contribution in [3.8, 4) is 0 Å². The first-order chi connectivity index (χ1) is 9.70. The van der Waals surface area contributed by atoms with Gasteiger partial charge in [0.05, 0.1) is 17.3 Å². The van der Waals surface area contributed by atoms with Gasteiger partial charge in [0.25, 0.3) is 0 Å². The molecule has 0 radical (unpaired) electrons. The summed E-state index contributed by atoms with van der Waals surface area (Å²) in [5.41, 5.74) is -0.187. The van der Waals surface area contributed by atoms with Crippen LogP contribution in [0, 0.1) is 5.92 Å². The zero-order valence-electron chi connectivity index (χ0n) is 12.9. The maximum absolute atomic E-state index is 11.0. The smallest absolute Gasteiger partial charge is 0.0939 e. The molecular weight excluding hydrogens is 252 g/mol. The van der Waals surface area contributed by atoms with Gasteiger partial charge in [-0.25, -0.2) is 0 Å². The lowest BCUT2D eigenvalue weighted by atomic mass is 9.71. The molecule has 3 aliphatic rings. The third kappa shape index (κ3) is 2.65. The van der Waals surface area contributed by atoms with Gasteiger partial charge in [0.1, 0.15) is 0 Å². The minimum Gasteiger partial charge on any atom is -0.390 e. The normalized spacial score (nSPS) is 34.2. The Hall–Kier alpha value is -0.120. The molecule has 20 heavy (non-hydrogen) atoms. The van der Waals surface area contributed by atoms with Crippen LogP contribution >= 0.6 is 0 Å². The molecule has 1 spiro atoms. The molecule has 1 aliphatic heterocycles. The van der Waals surface area contributed by atoms with Gasteiger partial charge >= 0.3 is 0 Å². The molecular formula is C17H30O3. The third-order valence-electron chi connectivity index (χ3n) is 6.14. The van der Waals surface area contributed by atoms with E-state index in [-0.39, 0.29) is 17.3 Å². The summed E-state index contributed by atoms with van der Waals surface area (Å²) in [7, 11) is 1.78. The fourth-order valence-electron chi connectivity index (χ4n) is 4.90. The first-order valence-corrected chi connectivity index (χ1v) is 8.57. The molecule has 2 atom stereocenters. The van der Waals surface area contributed by atoms with Crippen LogP contribution in [0.15, 0.2) is 0 Å². The van der Waals surface area contributed by atoms with E-state index in [4.69, 9.17) is 9.47 Å². The second kappa shape index (κ2) is 5.94. The Morgan fingerprint density at radius 3 is 2.35 bits per heavy atom. The SMILES string of the molecule is COC1(C(O)C2CCOC3(CCCCC3)C2)CCCC1. The number of aliphatic hydroxyl groups excluding tert-OH is 1. The Kier molecular flexibility index (Phi) is 4.40. The monoisotopic (exact) mass is 282 g/mol. The summed E-state index contributed by atoms with van der Waals surface area (Å²) in [6.07, 6.45) is 12.5. The first kappa shape index (κ1) is 14.8. The highest BCUT2D eigenvalue weighted by Gasteiger charge is 2.48. The van der Waals surface area contributed by atoms with Crippen molar-refractivity contribution in [3.63, 3.8) is 0 Å². The molecule has 0 aromatic carbocycles. The average Bonchev–Trinajstić information content (AvgIpc) is 2.97. The minimum atomic E-state index is -0.308. The van der Waals surface area contributed by atoms with Crippen LogP contribution in [0.5, 0.6) is 0 Å². The summed E-state index contributed by atoms with van der Waals surface area (Å²) in [5, 5.41) is 11.0. The molecule has 0 amide bonds. The Morgan fingerprint density at radius 2 is 1.70 bits per heavy atom. The van der Waals surface area contributed by atoms with E-state index < -0.39 is 0 Å². The Morgan fingerprint density at radius 1 is 1.05 bits per heavy atom. The molecule has 2 saturated carbocycles. The summed E-state index contributed by atoms with van der Waals surface area (Å²) < 4.78 is 12.0. The summed E-state index contributed by atoms with van der Waals surface area (Å²) in [6, 6.07) is 0. The molecule has 116 valence electrons. The number of hydrogen-bond acceptors (Lipinski definition) is 3. The number of ether oxygens (including phenoxy) is 2. The van der Waals surface area contributed by atoms with E-state index in [1.165, 1.54) is 44.9 Å². The highest BCUT2D eigenvalue weighted by atomic mass is 16.5. The fraction of sp³-hybridized carbons (Fsp3) is 1.00. The van der Waals surface area contributed by atoms with E-state index >= 15 is 0 Å². The van der Waals surface area contributed by atoms with E-state index in [9.17, 15) is 5.11 Å².